The van der Waals surface area contributed by atoms with Gasteiger partial charge in [0.05, 0.1) is 16.5 Å². The first kappa shape index (κ1) is 15.8. The minimum Gasteiger partial charge on any atom is -0.357 e. The number of benzene rings is 1. The maximum absolute atomic E-state index is 13.3. The molecule has 4 heterocycles. The average molecular weight is 371 g/mol. The van der Waals surface area contributed by atoms with Gasteiger partial charge in [0.1, 0.15) is 0 Å². The highest BCUT2D eigenvalue weighted by Crippen LogP contribution is 2.33. The van der Waals surface area contributed by atoms with Gasteiger partial charge in [0.25, 0.3) is 0 Å². The molecule has 1 N–H and O–H groups in total. The van der Waals surface area contributed by atoms with Crippen LogP contribution in [0.15, 0.2) is 18.2 Å². The van der Waals surface area contributed by atoms with Gasteiger partial charge < -0.3 is 9.88 Å². The van der Waals surface area contributed by atoms with E-state index in [4.69, 9.17) is 11.6 Å². The standard InChI is InChI=1S/C18H19ClN6O/c19-14-6-3-5-11-13-10-24(9-7-15(13)20-16(11)14)18(26)12-4-1-2-8-25-17(12)21-22-23-25/h3,5-6,12,20H,1-2,4,7-10H2/t12-/m1/s1. The summed E-state index contributed by atoms with van der Waals surface area (Å²) in [5.41, 5.74) is 3.32. The van der Waals surface area contributed by atoms with E-state index in [1.54, 1.807) is 4.68 Å². The van der Waals surface area contributed by atoms with Crippen LogP contribution in [0.5, 0.6) is 0 Å². The second-order valence-corrected chi connectivity index (χ2v) is 7.47. The summed E-state index contributed by atoms with van der Waals surface area (Å²) in [5.74, 6) is 0.591. The Bertz CT molecular complexity index is 993. The molecule has 0 spiro atoms. The van der Waals surface area contributed by atoms with Crippen molar-refractivity contribution in [2.45, 2.75) is 44.7 Å². The normalized spacial score (nSPS) is 19.9. The minimum atomic E-state index is -0.247. The Morgan fingerprint density at radius 2 is 2.19 bits per heavy atom. The van der Waals surface area contributed by atoms with E-state index in [9.17, 15) is 4.79 Å². The number of fused-ring (bicyclic) bond motifs is 4. The molecule has 2 aromatic heterocycles. The van der Waals surface area contributed by atoms with E-state index in [1.165, 1.54) is 11.3 Å². The summed E-state index contributed by atoms with van der Waals surface area (Å²) in [5, 5.41) is 13.8. The van der Waals surface area contributed by atoms with Gasteiger partial charge in [0, 0.05) is 42.7 Å². The van der Waals surface area contributed by atoms with E-state index in [0.29, 0.717) is 18.9 Å². The molecule has 0 radical (unpaired) electrons. The number of aryl methyl sites for hydroxylation is 1. The number of aromatic amines is 1. The van der Waals surface area contributed by atoms with Crippen LogP contribution < -0.4 is 0 Å². The molecule has 2 aliphatic heterocycles. The SMILES string of the molecule is O=C([C@@H]1CCCCn2nnnc21)N1CCc2[nH]c3c(Cl)cccc3c2C1. The number of rotatable bonds is 1. The van der Waals surface area contributed by atoms with Crippen LogP contribution in [0.2, 0.25) is 5.02 Å². The predicted molar refractivity (Wildman–Crippen MR) is 96.8 cm³/mol. The molecule has 1 amide bonds. The van der Waals surface area contributed by atoms with Crippen molar-refractivity contribution in [2.75, 3.05) is 6.54 Å². The Balaban J connectivity index is 1.47. The molecule has 0 fully saturated rings. The third-order valence-corrected chi connectivity index (χ3v) is 5.87. The summed E-state index contributed by atoms with van der Waals surface area (Å²) >= 11 is 6.32. The van der Waals surface area contributed by atoms with Gasteiger partial charge in [-0.05, 0) is 29.3 Å². The fourth-order valence-corrected chi connectivity index (χ4v) is 4.43. The average Bonchev–Trinajstić information content (AvgIpc) is 3.21. The second kappa shape index (κ2) is 6.09. The highest BCUT2D eigenvalue weighted by Gasteiger charge is 2.34. The number of nitrogens with zero attached hydrogens (tertiary/aromatic N) is 5. The first-order valence-corrected chi connectivity index (χ1v) is 9.43. The number of halogens is 1. The fourth-order valence-electron chi connectivity index (χ4n) is 4.20. The number of hydrogen-bond donors (Lipinski definition) is 1. The molecule has 134 valence electrons. The van der Waals surface area contributed by atoms with Crippen molar-refractivity contribution in [3.63, 3.8) is 0 Å². The third kappa shape index (κ3) is 2.41. The smallest absolute Gasteiger partial charge is 0.233 e. The Morgan fingerprint density at radius 3 is 3.12 bits per heavy atom. The van der Waals surface area contributed by atoms with Crippen LogP contribution >= 0.6 is 11.6 Å². The van der Waals surface area contributed by atoms with Gasteiger partial charge in [-0.3, -0.25) is 4.79 Å². The number of carbonyl (C=O) groups is 1. The van der Waals surface area contributed by atoms with Gasteiger partial charge in [-0.25, -0.2) is 4.68 Å². The van der Waals surface area contributed by atoms with Crippen molar-refractivity contribution in [1.82, 2.24) is 30.1 Å². The molecule has 0 unspecified atom stereocenters. The largest absolute Gasteiger partial charge is 0.357 e. The van der Waals surface area contributed by atoms with Crippen LogP contribution in [0.1, 0.15) is 42.3 Å². The quantitative estimate of drug-likeness (QED) is 0.714. The van der Waals surface area contributed by atoms with E-state index in [0.717, 1.165) is 48.2 Å². The molecule has 7 nitrogen and oxygen atoms in total. The van der Waals surface area contributed by atoms with Gasteiger partial charge >= 0.3 is 0 Å². The van der Waals surface area contributed by atoms with E-state index in [-0.39, 0.29) is 11.8 Å². The second-order valence-electron chi connectivity index (χ2n) is 7.06. The zero-order chi connectivity index (χ0) is 17.7. The van der Waals surface area contributed by atoms with Gasteiger partial charge in [-0.1, -0.05) is 30.2 Å². The summed E-state index contributed by atoms with van der Waals surface area (Å²) in [6.07, 6.45) is 3.63. The maximum Gasteiger partial charge on any atom is 0.233 e. The Labute approximate surface area is 155 Å². The zero-order valence-electron chi connectivity index (χ0n) is 14.3. The number of hydrogen-bond acceptors (Lipinski definition) is 4. The molecule has 3 aromatic rings. The lowest BCUT2D eigenvalue weighted by Gasteiger charge is -2.30. The topological polar surface area (TPSA) is 79.7 Å². The number of nitrogens with one attached hydrogen (secondary N) is 1. The lowest BCUT2D eigenvalue weighted by Crippen LogP contribution is -2.39. The number of aromatic nitrogens is 5. The van der Waals surface area contributed by atoms with Crippen molar-refractivity contribution in [3.8, 4) is 0 Å². The first-order chi connectivity index (χ1) is 12.7. The van der Waals surface area contributed by atoms with E-state index in [1.807, 2.05) is 17.0 Å². The molecule has 26 heavy (non-hydrogen) atoms. The van der Waals surface area contributed by atoms with Gasteiger partial charge in [-0.2, -0.15) is 0 Å². The molecule has 1 aromatic carbocycles. The first-order valence-electron chi connectivity index (χ1n) is 9.05. The van der Waals surface area contributed by atoms with Crippen LogP contribution in [-0.2, 0) is 24.3 Å². The molecular weight excluding hydrogens is 352 g/mol. The third-order valence-electron chi connectivity index (χ3n) is 5.55. The van der Waals surface area contributed by atoms with Crippen molar-refractivity contribution < 1.29 is 4.79 Å². The van der Waals surface area contributed by atoms with E-state index >= 15 is 0 Å². The minimum absolute atomic E-state index is 0.130. The van der Waals surface area contributed by atoms with Crippen LogP contribution in [0.4, 0.5) is 0 Å². The van der Waals surface area contributed by atoms with Gasteiger partial charge in [-0.15, -0.1) is 5.10 Å². The number of amides is 1. The Morgan fingerprint density at radius 1 is 1.27 bits per heavy atom. The number of carbonyl (C=O) groups excluding carboxylic acids is 1. The van der Waals surface area contributed by atoms with Crippen molar-refractivity contribution in [3.05, 3.63) is 40.3 Å². The number of para-hydroxylation sites is 1. The van der Waals surface area contributed by atoms with E-state index < -0.39 is 0 Å². The summed E-state index contributed by atoms with van der Waals surface area (Å²) < 4.78 is 1.79. The molecule has 5 rings (SSSR count). The van der Waals surface area contributed by atoms with Crippen molar-refractivity contribution in [2.24, 2.45) is 0 Å². The summed E-state index contributed by atoms with van der Waals surface area (Å²) in [6.45, 7) is 2.10. The number of H-pyrrole nitrogens is 1. The lowest BCUT2D eigenvalue weighted by molar-refractivity contribution is -0.134. The molecule has 1 atom stereocenters. The fraction of sp³-hybridized carbons (Fsp3) is 0.444. The summed E-state index contributed by atoms with van der Waals surface area (Å²) in [7, 11) is 0. The van der Waals surface area contributed by atoms with Crippen molar-refractivity contribution >= 4 is 28.4 Å². The molecule has 0 saturated carbocycles. The summed E-state index contributed by atoms with van der Waals surface area (Å²) in [6, 6.07) is 5.91. The summed E-state index contributed by atoms with van der Waals surface area (Å²) in [4.78, 5) is 18.7. The molecule has 0 saturated heterocycles. The Kier molecular flexibility index (Phi) is 3.70. The molecule has 2 aliphatic rings. The van der Waals surface area contributed by atoms with Crippen LogP contribution in [0.3, 0.4) is 0 Å². The van der Waals surface area contributed by atoms with E-state index in [2.05, 4.69) is 26.6 Å². The van der Waals surface area contributed by atoms with Gasteiger partial charge in [0.15, 0.2) is 5.82 Å². The van der Waals surface area contributed by atoms with Crippen LogP contribution in [0.25, 0.3) is 10.9 Å². The number of tetrazole rings is 1. The zero-order valence-corrected chi connectivity index (χ0v) is 15.0. The van der Waals surface area contributed by atoms with Crippen LogP contribution in [-0.4, -0.2) is 42.5 Å². The highest BCUT2D eigenvalue weighted by atomic mass is 35.5. The molecule has 0 aliphatic carbocycles. The highest BCUT2D eigenvalue weighted by molar-refractivity contribution is 6.35. The molecule has 8 heteroatoms. The molecule has 0 bridgehead atoms. The van der Waals surface area contributed by atoms with Crippen molar-refractivity contribution in [1.29, 1.82) is 0 Å². The monoisotopic (exact) mass is 370 g/mol. The predicted octanol–water partition coefficient (Wildman–Crippen LogP) is 2.66. The lowest BCUT2D eigenvalue weighted by atomic mass is 9.98. The Hall–Kier alpha value is -2.41. The maximum atomic E-state index is 13.3. The van der Waals surface area contributed by atoms with Crippen LogP contribution in [0, 0.1) is 0 Å². The molecular formula is C18H19ClN6O. The van der Waals surface area contributed by atoms with Gasteiger partial charge in [0.2, 0.25) is 5.91 Å².